The Balaban J connectivity index is 2.14. The molecule has 20 heavy (non-hydrogen) atoms. The monoisotopic (exact) mass is 367 g/mol. The topological polar surface area (TPSA) is 46.2 Å². The summed E-state index contributed by atoms with van der Waals surface area (Å²) in [6.45, 7) is 0.297. The molecular weight excluding hydrogens is 352 g/mol. The molecule has 0 saturated heterocycles. The Morgan fingerprint density at radius 1 is 1.20 bits per heavy atom. The molecule has 0 spiro atoms. The summed E-state index contributed by atoms with van der Waals surface area (Å²) in [5.74, 6) is -1.62. The number of nitrogens with one attached hydrogen (secondary N) is 1. The molecule has 0 aliphatic heterocycles. The van der Waals surface area contributed by atoms with Crippen LogP contribution >= 0.6 is 15.9 Å². The van der Waals surface area contributed by atoms with Crippen LogP contribution in [0.25, 0.3) is 0 Å². The molecule has 3 nitrogen and oxygen atoms in total. The van der Waals surface area contributed by atoms with Crippen LogP contribution in [0.5, 0.6) is 0 Å². The van der Waals surface area contributed by atoms with Crippen molar-refractivity contribution in [2.24, 2.45) is 5.92 Å². The fourth-order valence-electron chi connectivity index (χ4n) is 2.48. The summed E-state index contributed by atoms with van der Waals surface area (Å²) < 4.78 is 53.2. The van der Waals surface area contributed by atoms with Crippen LogP contribution in [0, 0.1) is 17.6 Å². The normalized spacial score (nSPS) is 17.4. The third kappa shape index (κ3) is 3.77. The molecule has 0 bridgehead atoms. The second-order valence-electron chi connectivity index (χ2n) is 5.05. The predicted molar refractivity (Wildman–Crippen MR) is 75.8 cm³/mol. The Hall–Kier alpha value is -0.530. The van der Waals surface area contributed by atoms with Crippen molar-refractivity contribution in [3.8, 4) is 0 Å². The van der Waals surface area contributed by atoms with Gasteiger partial charge in [-0.1, -0.05) is 19.3 Å². The van der Waals surface area contributed by atoms with E-state index in [2.05, 4.69) is 20.7 Å². The molecule has 0 aromatic heterocycles. The minimum absolute atomic E-state index is 0.105. The lowest BCUT2D eigenvalue weighted by Crippen LogP contribution is -2.31. The molecule has 0 heterocycles. The number of hydrogen-bond acceptors (Lipinski definition) is 2. The van der Waals surface area contributed by atoms with Gasteiger partial charge in [0.05, 0.1) is 0 Å². The summed E-state index contributed by atoms with van der Waals surface area (Å²) in [6, 6.07) is 1.51. The zero-order valence-electron chi connectivity index (χ0n) is 10.8. The van der Waals surface area contributed by atoms with Crippen molar-refractivity contribution in [2.45, 2.75) is 37.0 Å². The highest BCUT2D eigenvalue weighted by atomic mass is 79.9. The first-order chi connectivity index (χ1) is 9.40. The van der Waals surface area contributed by atoms with Gasteiger partial charge in [0.2, 0.25) is 10.0 Å². The van der Waals surface area contributed by atoms with Crippen LogP contribution in [-0.4, -0.2) is 15.0 Å². The van der Waals surface area contributed by atoms with Crippen LogP contribution < -0.4 is 4.72 Å². The van der Waals surface area contributed by atoms with Gasteiger partial charge >= 0.3 is 0 Å². The fourth-order valence-corrected chi connectivity index (χ4v) is 4.75. The van der Waals surface area contributed by atoms with E-state index in [0.29, 0.717) is 18.5 Å². The van der Waals surface area contributed by atoms with Gasteiger partial charge in [0, 0.05) is 17.1 Å². The Morgan fingerprint density at radius 3 is 2.45 bits per heavy atom. The Bertz CT molecular complexity index is 563. The van der Waals surface area contributed by atoms with E-state index in [-0.39, 0.29) is 4.47 Å². The molecule has 1 N–H and O–H groups in total. The third-order valence-corrected chi connectivity index (χ3v) is 5.91. The van der Waals surface area contributed by atoms with Crippen LogP contribution in [0.4, 0.5) is 8.78 Å². The van der Waals surface area contributed by atoms with E-state index in [9.17, 15) is 17.2 Å². The van der Waals surface area contributed by atoms with E-state index < -0.39 is 26.6 Å². The van der Waals surface area contributed by atoms with Crippen molar-refractivity contribution in [3.63, 3.8) is 0 Å². The molecular formula is C13H16BrF2NO2S. The third-order valence-electron chi connectivity index (χ3n) is 3.52. The van der Waals surface area contributed by atoms with Gasteiger partial charge in [0.25, 0.3) is 0 Å². The molecule has 1 fully saturated rings. The van der Waals surface area contributed by atoms with Crippen LogP contribution in [0.1, 0.15) is 32.1 Å². The molecule has 1 saturated carbocycles. The van der Waals surface area contributed by atoms with Crippen molar-refractivity contribution < 1.29 is 17.2 Å². The maximum Gasteiger partial charge on any atom is 0.244 e. The zero-order chi connectivity index (χ0) is 14.8. The van der Waals surface area contributed by atoms with Crippen LogP contribution in [0.2, 0.25) is 0 Å². The lowest BCUT2D eigenvalue weighted by molar-refractivity contribution is 0.357. The van der Waals surface area contributed by atoms with E-state index in [4.69, 9.17) is 0 Å². The van der Waals surface area contributed by atoms with Crippen molar-refractivity contribution in [2.75, 3.05) is 6.54 Å². The van der Waals surface area contributed by atoms with Gasteiger partial charge in [-0.2, -0.15) is 0 Å². The average Bonchev–Trinajstić information content (AvgIpc) is 2.36. The number of hydrogen-bond donors (Lipinski definition) is 1. The Morgan fingerprint density at radius 2 is 1.85 bits per heavy atom. The van der Waals surface area contributed by atoms with Gasteiger partial charge in [-0.25, -0.2) is 21.9 Å². The average molecular weight is 368 g/mol. The molecule has 0 radical (unpaired) electrons. The second-order valence-corrected chi connectivity index (χ2v) is 7.61. The highest BCUT2D eigenvalue weighted by molar-refractivity contribution is 9.10. The van der Waals surface area contributed by atoms with E-state index in [1.807, 2.05) is 0 Å². The van der Waals surface area contributed by atoms with Crippen molar-refractivity contribution in [1.82, 2.24) is 4.72 Å². The van der Waals surface area contributed by atoms with Gasteiger partial charge in [-0.3, -0.25) is 0 Å². The van der Waals surface area contributed by atoms with E-state index in [1.165, 1.54) is 6.42 Å². The fraction of sp³-hybridized carbons (Fsp3) is 0.538. The minimum atomic E-state index is -3.98. The van der Waals surface area contributed by atoms with Crippen molar-refractivity contribution in [3.05, 3.63) is 28.2 Å². The molecule has 0 amide bonds. The van der Waals surface area contributed by atoms with Crippen LogP contribution in [0.3, 0.4) is 0 Å². The highest BCUT2D eigenvalue weighted by Crippen LogP contribution is 2.27. The van der Waals surface area contributed by atoms with Crippen LogP contribution in [-0.2, 0) is 10.0 Å². The SMILES string of the molecule is O=S(=O)(NCC1CCCCC1)c1c(F)cc(F)cc1Br. The zero-order valence-corrected chi connectivity index (χ0v) is 13.2. The molecule has 2 rings (SSSR count). The molecule has 7 heteroatoms. The first-order valence-corrected chi connectivity index (χ1v) is 8.82. The van der Waals surface area contributed by atoms with E-state index in [1.54, 1.807) is 0 Å². The summed E-state index contributed by atoms with van der Waals surface area (Å²) >= 11 is 2.90. The molecule has 0 atom stereocenters. The summed E-state index contributed by atoms with van der Waals surface area (Å²) in [6.07, 6.45) is 5.34. The number of sulfonamides is 1. The second kappa shape index (κ2) is 6.49. The smallest absolute Gasteiger partial charge is 0.211 e. The lowest BCUT2D eigenvalue weighted by atomic mass is 9.90. The van der Waals surface area contributed by atoms with Crippen LogP contribution in [0.15, 0.2) is 21.5 Å². The van der Waals surface area contributed by atoms with Crippen molar-refractivity contribution >= 4 is 26.0 Å². The number of rotatable bonds is 4. The quantitative estimate of drug-likeness (QED) is 0.883. The van der Waals surface area contributed by atoms with Gasteiger partial charge in [0.15, 0.2) is 0 Å². The van der Waals surface area contributed by atoms with E-state index >= 15 is 0 Å². The molecule has 1 aromatic carbocycles. The summed E-state index contributed by atoms with van der Waals surface area (Å²) in [5.41, 5.74) is 0. The molecule has 112 valence electrons. The highest BCUT2D eigenvalue weighted by Gasteiger charge is 2.25. The largest absolute Gasteiger partial charge is 0.244 e. The standard InChI is InChI=1S/C13H16BrF2NO2S/c14-11-6-10(15)7-12(16)13(11)20(18,19)17-8-9-4-2-1-3-5-9/h6-7,9,17H,1-5,8H2. The number of halogens is 3. The maximum absolute atomic E-state index is 13.7. The first-order valence-electron chi connectivity index (χ1n) is 6.54. The summed E-state index contributed by atoms with van der Waals surface area (Å²) in [5, 5.41) is 0. The van der Waals surface area contributed by atoms with Gasteiger partial charge < -0.3 is 0 Å². The molecule has 1 aromatic rings. The number of benzene rings is 1. The Kier molecular flexibility index (Phi) is 5.14. The molecule has 0 unspecified atom stereocenters. The first kappa shape index (κ1) is 15.9. The van der Waals surface area contributed by atoms with Gasteiger partial charge in [-0.05, 0) is 40.8 Å². The van der Waals surface area contributed by atoms with E-state index in [0.717, 1.165) is 31.7 Å². The summed E-state index contributed by atoms with van der Waals surface area (Å²) in [4.78, 5) is -0.533. The Labute approximate surface area is 125 Å². The summed E-state index contributed by atoms with van der Waals surface area (Å²) in [7, 11) is -3.98. The molecule has 1 aliphatic rings. The predicted octanol–water partition coefficient (Wildman–Crippen LogP) is 3.59. The van der Waals surface area contributed by atoms with Gasteiger partial charge in [-0.15, -0.1) is 0 Å². The maximum atomic E-state index is 13.7. The van der Waals surface area contributed by atoms with Crippen molar-refractivity contribution in [1.29, 1.82) is 0 Å². The lowest BCUT2D eigenvalue weighted by Gasteiger charge is -2.21. The minimum Gasteiger partial charge on any atom is -0.211 e. The van der Waals surface area contributed by atoms with Gasteiger partial charge in [0.1, 0.15) is 16.5 Å². The molecule has 1 aliphatic carbocycles.